The zero-order valence-corrected chi connectivity index (χ0v) is 14.5. The monoisotopic (exact) mass is 342 g/mol. The van der Waals surface area contributed by atoms with Crippen molar-refractivity contribution in [3.8, 4) is 0 Å². The van der Waals surface area contributed by atoms with Crippen LogP contribution in [0.2, 0.25) is 0 Å². The molecule has 1 aliphatic heterocycles. The number of amides is 1. The van der Waals surface area contributed by atoms with Gasteiger partial charge < -0.3 is 19.4 Å². The molecular formula is C19H22N2O4. The van der Waals surface area contributed by atoms with Crippen LogP contribution in [0.5, 0.6) is 0 Å². The molecule has 0 spiro atoms. The highest BCUT2D eigenvalue weighted by molar-refractivity contribution is 5.95. The molecule has 0 unspecified atom stereocenters. The Hall–Kier alpha value is -2.76. The number of methoxy groups -OCH3 is 1. The van der Waals surface area contributed by atoms with Gasteiger partial charge in [-0.3, -0.25) is 9.59 Å². The summed E-state index contributed by atoms with van der Waals surface area (Å²) in [5.74, 6) is 0.0297. The van der Waals surface area contributed by atoms with Crippen molar-refractivity contribution < 1.29 is 18.7 Å². The third kappa shape index (κ3) is 3.68. The first-order valence-electron chi connectivity index (χ1n) is 8.36. The third-order valence-corrected chi connectivity index (χ3v) is 4.49. The Labute approximate surface area is 146 Å². The quantitative estimate of drug-likeness (QED) is 0.817. The molecule has 1 aromatic heterocycles. The van der Waals surface area contributed by atoms with E-state index >= 15 is 0 Å². The summed E-state index contributed by atoms with van der Waals surface area (Å²) in [5.41, 5.74) is 3.00. The molecule has 0 fully saturated rings. The molecule has 3 rings (SSSR count). The minimum absolute atomic E-state index is 0.145. The van der Waals surface area contributed by atoms with Crippen molar-refractivity contribution in [2.75, 3.05) is 18.6 Å². The molecule has 6 heteroatoms. The van der Waals surface area contributed by atoms with Gasteiger partial charge in [-0.1, -0.05) is 18.2 Å². The molecule has 1 aliphatic rings. The highest BCUT2D eigenvalue weighted by Crippen LogP contribution is 2.33. The summed E-state index contributed by atoms with van der Waals surface area (Å²) in [6.45, 7) is 2.93. The van der Waals surface area contributed by atoms with Crippen LogP contribution >= 0.6 is 0 Å². The van der Waals surface area contributed by atoms with Gasteiger partial charge in [0.2, 0.25) is 0 Å². The molecule has 25 heavy (non-hydrogen) atoms. The zero-order chi connectivity index (χ0) is 17.8. The second-order valence-corrected chi connectivity index (χ2v) is 6.15. The molecule has 1 N–H and O–H groups in total. The van der Waals surface area contributed by atoms with Crippen LogP contribution in [0.4, 0.5) is 5.69 Å². The fourth-order valence-electron chi connectivity index (χ4n) is 3.17. The average molecular weight is 342 g/mol. The first-order chi connectivity index (χ1) is 12.1. The summed E-state index contributed by atoms with van der Waals surface area (Å²) in [5, 5.41) is 2.73. The topological polar surface area (TPSA) is 71.8 Å². The van der Waals surface area contributed by atoms with Crippen LogP contribution in [0, 0.1) is 0 Å². The van der Waals surface area contributed by atoms with E-state index in [4.69, 9.17) is 4.42 Å². The Kier molecular flexibility index (Phi) is 5.07. The summed E-state index contributed by atoms with van der Waals surface area (Å²) in [6, 6.07) is 10.3. The maximum atomic E-state index is 12.4. The van der Waals surface area contributed by atoms with Gasteiger partial charge >= 0.3 is 5.97 Å². The van der Waals surface area contributed by atoms with Crippen LogP contribution in [-0.2, 0) is 22.5 Å². The number of nitrogens with zero attached hydrogens (tertiary/aromatic N) is 1. The van der Waals surface area contributed by atoms with Crippen molar-refractivity contribution in [1.82, 2.24) is 5.32 Å². The molecular weight excluding hydrogens is 320 g/mol. The fraction of sp³-hybridized carbons (Fsp3) is 0.368. The lowest BCUT2D eigenvalue weighted by atomic mass is 10.1. The number of carbonyl (C=O) groups is 2. The van der Waals surface area contributed by atoms with Gasteiger partial charge in [-0.2, -0.15) is 0 Å². The molecule has 0 saturated carbocycles. The van der Waals surface area contributed by atoms with Gasteiger partial charge in [-0.25, -0.2) is 0 Å². The number of esters is 1. The van der Waals surface area contributed by atoms with Crippen LogP contribution in [0.25, 0.3) is 0 Å². The normalized spacial score (nSPS) is 15.8. The van der Waals surface area contributed by atoms with Crippen LogP contribution in [0.1, 0.15) is 35.0 Å². The molecule has 1 atom stereocenters. The Bertz CT molecular complexity index is 768. The fourth-order valence-corrected chi connectivity index (χ4v) is 3.17. The van der Waals surface area contributed by atoms with E-state index in [1.165, 1.54) is 24.6 Å². The number of ether oxygens (including phenoxy) is 1. The zero-order valence-electron chi connectivity index (χ0n) is 14.5. The number of benzene rings is 1. The predicted molar refractivity (Wildman–Crippen MR) is 93.5 cm³/mol. The highest BCUT2D eigenvalue weighted by Gasteiger charge is 2.27. The summed E-state index contributed by atoms with van der Waals surface area (Å²) >= 11 is 0. The van der Waals surface area contributed by atoms with Gasteiger partial charge in [0, 0.05) is 18.3 Å². The summed E-state index contributed by atoms with van der Waals surface area (Å²) < 4.78 is 10.1. The molecule has 132 valence electrons. The van der Waals surface area contributed by atoms with Crippen molar-refractivity contribution in [3.63, 3.8) is 0 Å². The van der Waals surface area contributed by atoms with E-state index in [9.17, 15) is 9.59 Å². The number of para-hydroxylation sites is 1. The van der Waals surface area contributed by atoms with E-state index in [0.717, 1.165) is 6.42 Å². The lowest BCUT2D eigenvalue weighted by Crippen LogP contribution is -2.31. The minimum Gasteiger partial charge on any atom is -0.469 e. The Morgan fingerprint density at radius 1 is 1.32 bits per heavy atom. The first kappa shape index (κ1) is 17.1. The largest absolute Gasteiger partial charge is 0.469 e. The number of furan rings is 1. The highest BCUT2D eigenvalue weighted by atomic mass is 16.5. The van der Waals surface area contributed by atoms with Crippen molar-refractivity contribution in [2.24, 2.45) is 0 Å². The van der Waals surface area contributed by atoms with Gasteiger partial charge in [-0.15, -0.1) is 0 Å². The molecule has 2 heterocycles. The minimum atomic E-state index is -0.352. The second kappa shape index (κ2) is 7.42. The molecule has 0 saturated heterocycles. The molecule has 0 aliphatic carbocycles. The number of hydrogen-bond donors (Lipinski definition) is 1. The number of hydrogen-bond acceptors (Lipinski definition) is 5. The molecule has 0 bridgehead atoms. The average Bonchev–Trinajstić information content (AvgIpc) is 3.20. The lowest BCUT2D eigenvalue weighted by Gasteiger charge is -2.24. The lowest BCUT2D eigenvalue weighted by molar-refractivity contribution is -0.140. The van der Waals surface area contributed by atoms with Crippen molar-refractivity contribution >= 4 is 17.6 Å². The van der Waals surface area contributed by atoms with Gasteiger partial charge in [0.05, 0.1) is 31.9 Å². The molecule has 2 aromatic rings. The summed E-state index contributed by atoms with van der Waals surface area (Å²) in [4.78, 5) is 25.7. The molecule has 1 amide bonds. The van der Waals surface area contributed by atoms with E-state index < -0.39 is 0 Å². The number of fused-ring (bicyclic) bond motifs is 1. The maximum Gasteiger partial charge on any atom is 0.307 e. The second-order valence-electron chi connectivity index (χ2n) is 6.15. The van der Waals surface area contributed by atoms with Crippen LogP contribution in [0.3, 0.4) is 0 Å². The third-order valence-electron chi connectivity index (χ3n) is 4.49. The van der Waals surface area contributed by atoms with Gasteiger partial charge in [0.1, 0.15) is 5.76 Å². The predicted octanol–water partition coefficient (Wildman–Crippen LogP) is 2.52. The van der Waals surface area contributed by atoms with Crippen molar-refractivity contribution in [1.29, 1.82) is 0 Å². The van der Waals surface area contributed by atoms with E-state index in [1.54, 1.807) is 6.07 Å². The van der Waals surface area contributed by atoms with E-state index in [0.29, 0.717) is 23.9 Å². The summed E-state index contributed by atoms with van der Waals surface area (Å²) in [6.07, 6.45) is 2.65. The van der Waals surface area contributed by atoms with E-state index in [2.05, 4.69) is 34.0 Å². The number of nitrogens with one attached hydrogen (secondary N) is 1. The summed E-state index contributed by atoms with van der Waals surface area (Å²) in [7, 11) is 1.33. The van der Waals surface area contributed by atoms with Gasteiger partial charge in [0.15, 0.2) is 0 Å². The van der Waals surface area contributed by atoms with E-state index in [-0.39, 0.29) is 24.8 Å². The number of rotatable bonds is 6. The standard InChI is InChI=1S/C19H22N2O4/c1-13-11-14-5-3-4-6-16(14)21(13)12-17-15(8-10-25-17)19(23)20-9-7-18(22)24-2/h3-6,8,10,13H,7,9,11-12H2,1-2H3,(H,20,23)/t13-/m1/s1. The van der Waals surface area contributed by atoms with Crippen molar-refractivity contribution in [2.45, 2.75) is 32.4 Å². The van der Waals surface area contributed by atoms with Crippen LogP contribution < -0.4 is 10.2 Å². The number of anilines is 1. The van der Waals surface area contributed by atoms with E-state index in [1.807, 2.05) is 12.1 Å². The Balaban J connectivity index is 1.68. The van der Waals surface area contributed by atoms with Gasteiger partial charge in [-0.05, 0) is 31.0 Å². The molecule has 0 radical (unpaired) electrons. The maximum absolute atomic E-state index is 12.4. The smallest absolute Gasteiger partial charge is 0.307 e. The van der Waals surface area contributed by atoms with Crippen LogP contribution in [-0.4, -0.2) is 31.6 Å². The Morgan fingerprint density at radius 2 is 2.12 bits per heavy atom. The first-order valence-corrected chi connectivity index (χ1v) is 8.36. The Morgan fingerprint density at radius 3 is 2.92 bits per heavy atom. The molecule has 1 aromatic carbocycles. The SMILES string of the molecule is COC(=O)CCNC(=O)c1ccoc1CN1c2ccccc2C[C@H]1C. The van der Waals surface area contributed by atoms with Crippen LogP contribution in [0.15, 0.2) is 41.0 Å². The molecule has 6 nitrogen and oxygen atoms in total. The van der Waals surface area contributed by atoms with Gasteiger partial charge in [0.25, 0.3) is 5.91 Å². The van der Waals surface area contributed by atoms with Crippen molar-refractivity contribution in [3.05, 3.63) is 53.5 Å². The number of carbonyl (C=O) groups excluding carboxylic acids is 2.